The highest BCUT2D eigenvalue weighted by Crippen LogP contribution is 2.10. The fraction of sp³-hybridized carbons (Fsp3) is 0.308. The van der Waals surface area contributed by atoms with E-state index in [-0.39, 0.29) is 5.56 Å². The largest absolute Gasteiger partial charge is 0.313 e. The summed E-state index contributed by atoms with van der Waals surface area (Å²) in [6.07, 6.45) is 2.92. The van der Waals surface area contributed by atoms with Crippen molar-refractivity contribution in [2.75, 3.05) is 13.1 Å². The fourth-order valence-electron chi connectivity index (χ4n) is 1.68. The molecule has 0 aromatic heterocycles. The van der Waals surface area contributed by atoms with Crippen LogP contribution in [0.1, 0.15) is 17.5 Å². The van der Waals surface area contributed by atoms with Gasteiger partial charge in [0.25, 0.3) is 0 Å². The molecule has 0 radical (unpaired) electrons. The Kier molecular flexibility index (Phi) is 4.29. The van der Waals surface area contributed by atoms with Gasteiger partial charge in [0.2, 0.25) is 0 Å². The predicted molar refractivity (Wildman–Crippen MR) is 64.6 cm³/mol. The zero-order chi connectivity index (χ0) is 12.8. The average molecular weight is 247 g/mol. The highest BCUT2D eigenvalue weighted by molar-refractivity contribution is 5.34. The van der Waals surface area contributed by atoms with E-state index in [1.165, 1.54) is 12.1 Å². The van der Waals surface area contributed by atoms with Crippen LogP contribution in [-0.2, 0) is 11.4 Å². The van der Waals surface area contributed by atoms with E-state index in [0.717, 1.165) is 30.8 Å². The van der Waals surface area contributed by atoms with Gasteiger partial charge in [-0.3, -0.25) is 10.3 Å². The minimum absolute atomic E-state index is 0.0391. The molecule has 1 aromatic rings. The first-order valence-electron chi connectivity index (χ1n) is 5.75. The molecule has 1 aromatic carbocycles. The van der Waals surface area contributed by atoms with E-state index >= 15 is 0 Å². The smallest absolute Gasteiger partial charge is 0.140 e. The molecule has 2 N–H and O–H groups in total. The minimum Gasteiger partial charge on any atom is -0.313 e. The maximum absolute atomic E-state index is 13.1. The summed E-state index contributed by atoms with van der Waals surface area (Å²) >= 11 is 0. The summed E-state index contributed by atoms with van der Waals surface area (Å²) in [4.78, 5) is 5.32. The summed E-state index contributed by atoms with van der Waals surface area (Å²) in [5.41, 5.74) is 4.70. The Balaban J connectivity index is 1.87. The van der Waals surface area contributed by atoms with Gasteiger partial charge in [-0.25, -0.2) is 4.39 Å². The Morgan fingerprint density at radius 1 is 1.50 bits per heavy atom. The van der Waals surface area contributed by atoms with Crippen molar-refractivity contribution in [2.45, 2.75) is 13.0 Å². The Bertz CT molecular complexity index is 493. The van der Waals surface area contributed by atoms with E-state index in [1.54, 1.807) is 12.1 Å². The third kappa shape index (κ3) is 3.29. The van der Waals surface area contributed by atoms with E-state index in [4.69, 9.17) is 10.1 Å². The number of nitriles is 1. The third-order valence-electron chi connectivity index (χ3n) is 2.66. The lowest BCUT2D eigenvalue weighted by atomic mass is 10.1. The summed E-state index contributed by atoms with van der Waals surface area (Å²) < 4.78 is 13.1. The molecule has 0 fully saturated rings. The molecule has 0 aliphatic carbocycles. The van der Waals surface area contributed by atoms with Gasteiger partial charge in [-0.2, -0.15) is 5.26 Å². The van der Waals surface area contributed by atoms with Gasteiger partial charge in [0.1, 0.15) is 11.9 Å². The Morgan fingerprint density at radius 3 is 3.11 bits per heavy atom. The molecule has 0 amide bonds. The molecule has 0 bridgehead atoms. The molecule has 0 saturated heterocycles. The molecule has 0 unspecified atom stereocenters. The van der Waals surface area contributed by atoms with Crippen molar-refractivity contribution >= 4 is 0 Å². The van der Waals surface area contributed by atoms with E-state index in [0.29, 0.717) is 6.61 Å². The lowest BCUT2D eigenvalue weighted by Crippen LogP contribution is -2.26. The lowest BCUT2D eigenvalue weighted by Gasteiger charge is -2.15. The van der Waals surface area contributed by atoms with Crippen LogP contribution in [0.25, 0.3) is 0 Å². The molecular weight excluding hydrogens is 233 g/mol. The monoisotopic (exact) mass is 247 g/mol. The van der Waals surface area contributed by atoms with Crippen molar-refractivity contribution in [3.63, 3.8) is 0 Å². The summed E-state index contributed by atoms with van der Waals surface area (Å²) in [5.74, 6) is -0.504. The van der Waals surface area contributed by atoms with E-state index in [1.807, 2.05) is 6.08 Å². The van der Waals surface area contributed by atoms with E-state index < -0.39 is 5.82 Å². The molecule has 0 saturated carbocycles. The molecule has 18 heavy (non-hydrogen) atoms. The van der Waals surface area contributed by atoms with Crippen molar-refractivity contribution in [2.24, 2.45) is 0 Å². The molecule has 1 aliphatic heterocycles. The van der Waals surface area contributed by atoms with Crippen LogP contribution in [0.5, 0.6) is 0 Å². The van der Waals surface area contributed by atoms with Gasteiger partial charge in [0.05, 0.1) is 12.2 Å². The van der Waals surface area contributed by atoms with Gasteiger partial charge < -0.3 is 5.32 Å². The predicted octanol–water partition coefficient (Wildman–Crippen LogP) is 1.60. The number of hydroxylamine groups is 1. The van der Waals surface area contributed by atoms with Crippen LogP contribution in [-0.4, -0.2) is 13.1 Å². The number of halogens is 1. The second kappa shape index (κ2) is 6.15. The van der Waals surface area contributed by atoms with Crippen LogP contribution in [0.3, 0.4) is 0 Å². The van der Waals surface area contributed by atoms with Crippen LogP contribution in [0.4, 0.5) is 4.39 Å². The Labute approximate surface area is 105 Å². The molecule has 4 nitrogen and oxygen atoms in total. The van der Waals surface area contributed by atoms with Gasteiger partial charge in [-0.05, 0) is 23.8 Å². The summed E-state index contributed by atoms with van der Waals surface area (Å²) in [5, 5.41) is 11.9. The zero-order valence-corrected chi connectivity index (χ0v) is 9.87. The number of hydrogen-bond acceptors (Lipinski definition) is 4. The first-order valence-corrected chi connectivity index (χ1v) is 5.75. The van der Waals surface area contributed by atoms with Crippen molar-refractivity contribution < 1.29 is 9.23 Å². The third-order valence-corrected chi connectivity index (χ3v) is 2.66. The summed E-state index contributed by atoms with van der Waals surface area (Å²) in [6, 6.07) is 6.18. The SMILES string of the molecule is N#Cc1cc(CONC2=CCNCC2)ccc1F. The van der Waals surface area contributed by atoms with Gasteiger partial charge >= 0.3 is 0 Å². The maximum Gasteiger partial charge on any atom is 0.140 e. The van der Waals surface area contributed by atoms with E-state index in [2.05, 4.69) is 10.8 Å². The van der Waals surface area contributed by atoms with Crippen molar-refractivity contribution in [3.8, 4) is 6.07 Å². The minimum atomic E-state index is -0.504. The van der Waals surface area contributed by atoms with Crippen LogP contribution >= 0.6 is 0 Å². The number of hydrogen-bond donors (Lipinski definition) is 2. The van der Waals surface area contributed by atoms with Crippen molar-refractivity contribution in [1.82, 2.24) is 10.8 Å². The molecule has 1 aliphatic rings. The van der Waals surface area contributed by atoms with Gasteiger partial charge in [0, 0.05) is 25.2 Å². The first-order chi connectivity index (χ1) is 8.79. The normalized spacial score (nSPS) is 14.8. The molecule has 0 spiro atoms. The van der Waals surface area contributed by atoms with Gasteiger partial charge in [0.15, 0.2) is 0 Å². The highest BCUT2D eigenvalue weighted by Gasteiger charge is 2.04. The maximum atomic E-state index is 13.1. The number of nitrogens with zero attached hydrogens (tertiary/aromatic N) is 1. The molecule has 94 valence electrons. The van der Waals surface area contributed by atoms with Crippen molar-refractivity contribution in [3.05, 3.63) is 46.9 Å². The highest BCUT2D eigenvalue weighted by atomic mass is 19.1. The van der Waals surface area contributed by atoms with Crippen LogP contribution in [0.15, 0.2) is 30.0 Å². The Hall–Kier alpha value is -1.90. The van der Waals surface area contributed by atoms with Gasteiger partial charge in [-0.1, -0.05) is 6.07 Å². The molecule has 5 heteroatoms. The zero-order valence-electron chi connectivity index (χ0n) is 9.87. The second-order valence-electron chi connectivity index (χ2n) is 4.00. The standard InChI is InChI=1S/C13H14FN3O/c14-13-2-1-10(7-11(13)8-15)9-18-17-12-3-5-16-6-4-12/h1-3,7,16-17H,4-6,9H2. The second-order valence-corrected chi connectivity index (χ2v) is 4.00. The van der Waals surface area contributed by atoms with Crippen LogP contribution in [0.2, 0.25) is 0 Å². The number of benzene rings is 1. The first kappa shape index (κ1) is 12.6. The Morgan fingerprint density at radius 2 is 2.39 bits per heavy atom. The molecular formula is C13H14FN3O. The molecule has 1 heterocycles. The quantitative estimate of drug-likeness (QED) is 0.793. The van der Waals surface area contributed by atoms with Crippen molar-refractivity contribution in [1.29, 1.82) is 5.26 Å². The summed E-state index contributed by atoms with van der Waals surface area (Å²) in [7, 11) is 0. The fourth-order valence-corrected chi connectivity index (χ4v) is 1.68. The topological polar surface area (TPSA) is 57.1 Å². The van der Waals surface area contributed by atoms with Gasteiger partial charge in [-0.15, -0.1) is 0 Å². The number of rotatable bonds is 4. The average Bonchev–Trinajstić information content (AvgIpc) is 2.42. The van der Waals surface area contributed by atoms with Crippen LogP contribution < -0.4 is 10.8 Å². The molecule has 2 rings (SSSR count). The van der Waals surface area contributed by atoms with Crippen LogP contribution in [0, 0.1) is 17.1 Å². The van der Waals surface area contributed by atoms with E-state index in [9.17, 15) is 4.39 Å². The lowest BCUT2D eigenvalue weighted by molar-refractivity contribution is 0.0462. The summed E-state index contributed by atoms with van der Waals surface area (Å²) in [6.45, 7) is 2.05. The number of nitrogens with one attached hydrogen (secondary N) is 2. The molecule has 0 atom stereocenters.